The molecule has 0 saturated carbocycles. The molecule has 0 atom stereocenters. The van der Waals surface area contributed by atoms with Gasteiger partial charge in [-0.1, -0.05) is 17.8 Å². The Morgan fingerprint density at radius 3 is 2.19 bits per heavy atom. The maximum atomic E-state index is 9.17. The number of hydrogen-bond acceptors (Lipinski definition) is 7. The van der Waals surface area contributed by atoms with Crippen LogP contribution in [0.2, 0.25) is 0 Å². The molecule has 7 heteroatoms. The fourth-order valence-electron chi connectivity index (χ4n) is 4.05. The Kier molecular flexibility index (Phi) is 5.33. The Labute approximate surface area is 163 Å². The number of likely N-dealkylation sites (tertiary alicyclic amines) is 1. The standard InChI is InChI=1S/C20H22N6S/c21-13-15-10-16(14-22)12-17(11-15)19-23-24-20(27-19)26-8-4-18(5-9-26)25-6-2-1-3-7-25/h10-12,18H,1-9H2. The molecule has 0 unspecified atom stereocenters. The van der Waals surface area contributed by atoms with Gasteiger partial charge < -0.3 is 9.80 Å². The minimum absolute atomic E-state index is 0.475. The van der Waals surface area contributed by atoms with E-state index in [-0.39, 0.29) is 0 Å². The number of nitriles is 2. The summed E-state index contributed by atoms with van der Waals surface area (Å²) in [5, 5.41) is 28.7. The Balaban J connectivity index is 1.45. The second-order valence-electron chi connectivity index (χ2n) is 7.23. The predicted molar refractivity (Wildman–Crippen MR) is 105 cm³/mol. The average Bonchev–Trinajstić information content (AvgIpc) is 3.24. The van der Waals surface area contributed by atoms with Crippen LogP contribution in [0.5, 0.6) is 0 Å². The molecule has 2 saturated heterocycles. The SMILES string of the molecule is N#Cc1cc(C#N)cc(-c2nnc(N3CCC(N4CCCCC4)CC3)s2)c1. The third-order valence-electron chi connectivity index (χ3n) is 5.49. The van der Waals surface area contributed by atoms with Crippen molar-refractivity contribution >= 4 is 16.5 Å². The number of nitrogens with zero attached hydrogens (tertiary/aromatic N) is 6. The van der Waals surface area contributed by atoms with Crippen molar-refractivity contribution in [2.45, 2.75) is 38.1 Å². The lowest BCUT2D eigenvalue weighted by Gasteiger charge is -2.40. The van der Waals surface area contributed by atoms with Crippen LogP contribution in [0.15, 0.2) is 18.2 Å². The molecule has 4 rings (SSSR count). The van der Waals surface area contributed by atoms with Crippen LogP contribution < -0.4 is 4.90 Å². The van der Waals surface area contributed by atoms with Crippen molar-refractivity contribution < 1.29 is 0 Å². The zero-order chi connectivity index (χ0) is 18.6. The van der Waals surface area contributed by atoms with Gasteiger partial charge in [0, 0.05) is 24.7 Å². The smallest absolute Gasteiger partial charge is 0.208 e. The Morgan fingerprint density at radius 1 is 0.889 bits per heavy atom. The van der Waals surface area contributed by atoms with Gasteiger partial charge in [0.1, 0.15) is 5.01 Å². The summed E-state index contributed by atoms with van der Waals surface area (Å²) < 4.78 is 0. The molecule has 6 nitrogen and oxygen atoms in total. The van der Waals surface area contributed by atoms with Gasteiger partial charge in [-0.05, 0) is 57.0 Å². The van der Waals surface area contributed by atoms with E-state index in [0.717, 1.165) is 28.8 Å². The van der Waals surface area contributed by atoms with Crippen LogP contribution in [-0.2, 0) is 0 Å². The van der Waals surface area contributed by atoms with E-state index in [2.05, 4.69) is 32.1 Å². The highest BCUT2D eigenvalue weighted by Gasteiger charge is 2.27. The van der Waals surface area contributed by atoms with E-state index < -0.39 is 0 Å². The number of aromatic nitrogens is 2. The topological polar surface area (TPSA) is 79.8 Å². The van der Waals surface area contributed by atoms with E-state index >= 15 is 0 Å². The largest absolute Gasteiger partial charge is 0.347 e. The van der Waals surface area contributed by atoms with Crippen molar-refractivity contribution in [3.8, 4) is 22.7 Å². The van der Waals surface area contributed by atoms with Gasteiger partial charge in [0.15, 0.2) is 0 Å². The van der Waals surface area contributed by atoms with Crippen molar-refractivity contribution in [1.82, 2.24) is 15.1 Å². The molecule has 2 aromatic rings. The van der Waals surface area contributed by atoms with Crippen LogP contribution in [-0.4, -0.2) is 47.3 Å². The van der Waals surface area contributed by atoms with Crippen LogP contribution in [0, 0.1) is 22.7 Å². The third kappa shape index (κ3) is 3.95. The molecule has 0 N–H and O–H groups in total. The van der Waals surface area contributed by atoms with Gasteiger partial charge in [-0.25, -0.2) is 0 Å². The molecular formula is C20H22N6S. The summed E-state index contributed by atoms with van der Waals surface area (Å²) in [6.07, 6.45) is 6.41. The first kappa shape index (κ1) is 17.9. The maximum absolute atomic E-state index is 9.17. The van der Waals surface area contributed by atoms with Crippen molar-refractivity contribution in [3.05, 3.63) is 29.3 Å². The first-order valence-electron chi connectivity index (χ1n) is 9.55. The van der Waals surface area contributed by atoms with E-state index in [1.807, 2.05) is 0 Å². The molecule has 0 amide bonds. The summed E-state index contributed by atoms with van der Waals surface area (Å²) in [5.41, 5.74) is 1.74. The van der Waals surface area contributed by atoms with Gasteiger partial charge in [0.2, 0.25) is 5.13 Å². The fraction of sp³-hybridized carbons (Fsp3) is 0.500. The summed E-state index contributed by atoms with van der Waals surface area (Å²) in [4.78, 5) is 4.99. The number of piperidine rings is 2. The monoisotopic (exact) mass is 378 g/mol. The minimum atomic E-state index is 0.475. The molecule has 0 spiro atoms. The lowest BCUT2D eigenvalue weighted by molar-refractivity contribution is 0.141. The number of hydrogen-bond donors (Lipinski definition) is 0. The highest BCUT2D eigenvalue weighted by Crippen LogP contribution is 2.32. The predicted octanol–water partition coefficient (Wildman–Crippen LogP) is 3.40. The number of benzene rings is 1. The minimum Gasteiger partial charge on any atom is -0.347 e. The lowest BCUT2D eigenvalue weighted by atomic mass is 10.0. The summed E-state index contributed by atoms with van der Waals surface area (Å²) in [7, 11) is 0. The number of anilines is 1. The highest BCUT2D eigenvalue weighted by atomic mass is 32.1. The Morgan fingerprint density at radius 2 is 1.56 bits per heavy atom. The molecule has 3 heterocycles. The van der Waals surface area contributed by atoms with E-state index in [4.69, 9.17) is 10.5 Å². The first-order valence-corrected chi connectivity index (χ1v) is 10.4. The fourth-order valence-corrected chi connectivity index (χ4v) is 4.93. The van der Waals surface area contributed by atoms with Crippen LogP contribution in [0.25, 0.3) is 10.6 Å². The van der Waals surface area contributed by atoms with E-state index in [9.17, 15) is 0 Å². The van der Waals surface area contributed by atoms with Gasteiger partial charge in [-0.2, -0.15) is 10.5 Å². The first-order chi connectivity index (χ1) is 13.3. The molecule has 0 aliphatic carbocycles. The molecule has 0 radical (unpaired) electrons. The van der Waals surface area contributed by atoms with Crippen molar-refractivity contribution in [2.75, 3.05) is 31.1 Å². The average molecular weight is 379 g/mol. The third-order valence-corrected chi connectivity index (χ3v) is 6.53. The summed E-state index contributed by atoms with van der Waals surface area (Å²) >= 11 is 1.54. The van der Waals surface area contributed by atoms with Crippen molar-refractivity contribution in [3.63, 3.8) is 0 Å². The van der Waals surface area contributed by atoms with Gasteiger partial charge in [-0.15, -0.1) is 10.2 Å². The zero-order valence-electron chi connectivity index (χ0n) is 15.3. The number of rotatable bonds is 3. The Bertz CT molecular complexity index is 846. The second kappa shape index (κ2) is 8.04. The second-order valence-corrected chi connectivity index (χ2v) is 8.18. The summed E-state index contributed by atoms with van der Waals surface area (Å²) in [6.45, 7) is 4.53. The van der Waals surface area contributed by atoms with E-state index in [1.165, 1.54) is 56.5 Å². The molecule has 27 heavy (non-hydrogen) atoms. The molecule has 1 aromatic heterocycles. The van der Waals surface area contributed by atoms with Crippen LogP contribution in [0.1, 0.15) is 43.2 Å². The molecular weight excluding hydrogens is 356 g/mol. The van der Waals surface area contributed by atoms with Gasteiger partial charge in [0.05, 0.1) is 23.3 Å². The molecule has 138 valence electrons. The maximum Gasteiger partial charge on any atom is 0.208 e. The quantitative estimate of drug-likeness (QED) is 0.814. The van der Waals surface area contributed by atoms with E-state index in [1.54, 1.807) is 18.2 Å². The molecule has 1 aromatic carbocycles. The van der Waals surface area contributed by atoms with Crippen molar-refractivity contribution in [1.29, 1.82) is 10.5 Å². The summed E-state index contributed by atoms with van der Waals surface area (Å²) in [5.74, 6) is 0. The Hall–Kier alpha value is -2.48. The normalized spacial score (nSPS) is 18.8. The van der Waals surface area contributed by atoms with Gasteiger partial charge in [0.25, 0.3) is 0 Å². The van der Waals surface area contributed by atoms with Gasteiger partial charge in [-0.3, -0.25) is 0 Å². The van der Waals surface area contributed by atoms with Crippen LogP contribution in [0.3, 0.4) is 0 Å². The van der Waals surface area contributed by atoms with Crippen LogP contribution >= 0.6 is 11.3 Å². The lowest BCUT2D eigenvalue weighted by Crippen LogP contribution is -2.46. The summed E-state index contributed by atoms with van der Waals surface area (Å²) in [6, 6.07) is 10.1. The highest BCUT2D eigenvalue weighted by molar-refractivity contribution is 7.18. The molecule has 2 aliphatic heterocycles. The molecule has 2 fully saturated rings. The molecule has 0 bridgehead atoms. The van der Waals surface area contributed by atoms with Crippen LogP contribution in [0.4, 0.5) is 5.13 Å². The van der Waals surface area contributed by atoms with Gasteiger partial charge >= 0.3 is 0 Å². The van der Waals surface area contributed by atoms with E-state index in [0.29, 0.717) is 17.2 Å². The molecule has 2 aliphatic rings. The van der Waals surface area contributed by atoms with Crippen molar-refractivity contribution in [2.24, 2.45) is 0 Å². The zero-order valence-corrected chi connectivity index (χ0v) is 16.1.